The predicted molar refractivity (Wildman–Crippen MR) is 461 cm³/mol. The fourth-order valence-corrected chi connectivity index (χ4v) is 19.2. The number of hydrogen-bond acceptors (Lipinski definition) is 33. The Morgan fingerprint density at radius 1 is 0.452 bits per heavy atom. The Balaban J connectivity index is 1.76. The summed E-state index contributed by atoms with van der Waals surface area (Å²) >= 11 is 0. The third kappa shape index (κ3) is 32.8. The van der Waals surface area contributed by atoms with Crippen LogP contribution in [0.5, 0.6) is 0 Å². The Hall–Kier alpha value is -5.96. The molecule has 0 spiro atoms. The minimum absolute atomic E-state index is 0.000389. The first-order chi connectivity index (χ1) is 60.9. The van der Waals surface area contributed by atoms with E-state index in [1.54, 1.807) is 0 Å². The summed E-state index contributed by atoms with van der Waals surface area (Å²) in [4.78, 5) is 64.6. The van der Waals surface area contributed by atoms with Crippen LogP contribution >= 0.6 is 0 Å². The monoisotopic (exact) mass is 1810 g/mol. The molecule has 40 heteroatoms. The van der Waals surface area contributed by atoms with Gasteiger partial charge < -0.3 is 130 Å². The number of rotatable bonds is 67. The van der Waals surface area contributed by atoms with Gasteiger partial charge in [-0.25, -0.2) is 0 Å². The van der Waals surface area contributed by atoms with Crippen LogP contribution in [0.4, 0.5) is 0 Å². The van der Waals surface area contributed by atoms with E-state index in [2.05, 4.69) is 30.1 Å². The van der Waals surface area contributed by atoms with E-state index < -0.39 is 217 Å². The standard InChI is InChI=1S/C86H145N9O30Si/c1-16-23-42-111-59(49-64(98)105-10)73(113-44-25-18-3)69(101)83(108-13)125-78-63(53-97)122-82(68(92-95-89)80(78)117-48-29-22-7)121-61(51-66(100)107-12)75(115-46-27-20-5)70(102)84(109-14)123-76-58(40-41-86(8,9)126(104,55-36-32-30-33-37-55)56-38-34-31-35-39-56)119-81(67(91-94-88)79(76)116-47-28-21-6)120-60(50-65(99)106-11)74(114-45-26-19-4)71(103)85(110-15)124-77-62(52-96)118-54-57(90-93-87)72(77)112-43-24-17-2/h30-39,57-63,67-85,96-97,101-104H,16-29,40-54H2,1-15H3/t57?,58?,59-,60-,61-,62?,63?,67?,68?,69?,70?,71?,72?,73?,74?,75?,76-,77-,78-,79?,80?,81-,82+,83+,84+,85+/m1/s1. The lowest BCUT2D eigenvalue weighted by Crippen LogP contribution is -2.66. The van der Waals surface area contributed by atoms with E-state index in [0.29, 0.717) is 87.4 Å². The van der Waals surface area contributed by atoms with Crippen LogP contribution < -0.4 is 10.4 Å². The molecule has 0 aliphatic carbocycles. The van der Waals surface area contributed by atoms with Gasteiger partial charge >= 0.3 is 17.9 Å². The Labute approximate surface area is 742 Å². The van der Waals surface area contributed by atoms with Crippen LogP contribution in [0, 0.1) is 0 Å². The molecule has 3 saturated heterocycles. The smallest absolute Gasteiger partial charge is 0.308 e. The zero-order chi connectivity index (χ0) is 92.6. The highest BCUT2D eigenvalue weighted by atomic mass is 28.4. The molecule has 6 N–H and O–H groups in total. The molecule has 2 aromatic rings. The third-order valence-electron chi connectivity index (χ3n) is 22.7. The highest BCUT2D eigenvalue weighted by Gasteiger charge is 2.57. The number of carbonyl (C=O) groups is 3. The number of carbonyl (C=O) groups excluding carboxylic acids is 3. The van der Waals surface area contributed by atoms with Crippen molar-refractivity contribution in [3.05, 3.63) is 92.0 Å². The first-order valence-electron chi connectivity index (χ1n) is 44.4. The summed E-state index contributed by atoms with van der Waals surface area (Å²) < 4.78 is 134. The predicted octanol–water partition coefficient (Wildman–Crippen LogP) is 9.08. The molecule has 3 fully saturated rings. The minimum Gasteiger partial charge on any atom is -0.469 e. The topological polar surface area (TPSA) is 513 Å². The number of methoxy groups -OCH3 is 6. The lowest BCUT2D eigenvalue weighted by molar-refractivity contribution is -0.340. The van der Waals surface area contributed by atoms with Gasteiger partial charge in [0, 0.05) is 82.3 Å². The SMILES string of the molecule is CCCCOC1C(N=[N+]=[N-])COC(CO)[C@H]1O[C@H](OC)C(O)C(OCCCC)[C@@H](CC(=O)OC)O[C@H]1OC(CCC(C)(C)[Si](O)(c2ccccc2)c2ccccc2)[C@@H](O[C@H](OC)C(O)C(OCCCC)[C@@H](CC(=O)OC)O[C@H]2OC(CO)[C@@H](O[C@H](OC)C(O)C(OCCCC)[C@@H](CC(=O)OC)OCCCC)C(OCCCC)C2N=[N+]=[N-])C(OCCCC)C1N=[N+]=[N-]. The van der Waals surface area contributed by atoms with Crippen LogP contribution in [-0.4, -0.2) is 325 Å². The molecule has 26 atom stereocenters. The largest absolute Gasteiger partial charge is 0.469 e. The fraction of sp³-hybridized carbons (Fsp3) is 0.826. The number of ether oxygens (including phenoxy) is 21. The van der Waals surface area contributed by atoms with Gasteiger partial charge in [-0.2, -0.15) is 0 Å². The molecular weight excluding hydrogens is 1670 g/mol. The molecule has 3 aliphatic rings. The normalized spacial score (nSPS) is 25.2. The Kier molecular flexibility index (Phi) is 53.4. The van der Waals surface area contributed by atoms with Gasteiger partial charge in [0.15, 0.2) is 31.5 Å². The molecule has 0 bridgehead atoms. The van der Waals surface area contributed by atoms with E-state index in [-0.39, 0.29) is 72.1 Å². The molecule has 3 aliphatic heterocycles. The molecule has 0 radical (unpaired) electrons. The summed E-state index contributed by atoms with van der Waals surface area (Å²) in [5, 5.41) is 74.0. The van der Waals surface area contributed by atoms with E-state index in [9.17, 15) is 61.3 Å². The number of azide groups is 3. The van der Waals surface area contributed by atoms with Crippen LogP contribution in [-0.2, 0) is 114 Å². The molecule has 39 nitrogen and oxygen atoms in total. The zero-order valence-corrected chi connectivity index (χ0v) is 77.3. The fourth-order valence-electron chi connectivity index (χ4n) is 15.4. The number of unbranched alkanes of at least 4 members (excludes halogenated alkanes) is 7. The zero-order valence-electron chi connectivity index (χ0n) is 76.3. The van der Waals surface area contributed by atoms with E-state index in [1.165, 1.54) is 28.4 Å². The number of aliphatic hydroxyl groups excluding tert-OH is 5. The van der Waals surface area contributed by atoms with Crippen molar-refractivity contribution in [3.63, 3.8) is 0 Å². The minimum atomic E-state index is -3.91. The third-order valence-corrected chi connectivity index (χ3v) is 27.3. The molecule has 0 saturated carbocycles. The van der Waals surface area contributed by atoms with Crippen LogP contribution in [0.25, 0.3) is 31.3 Å². The number of hydrogen-bond donors (Lipinski definition) is 6. The van der Waals surface area contributed by atoms with Crippen molar-refractivity contribution < 1.29 is 144 Å². The first kappa shape index (κ1) is 111. The van der Waals surface area contributed by atoms with Crippen molar-refractivity contribution in [2.45, 2.75) is 349 Å². The molecule has 5 rings (SSSR count). The number of esters is 3. The van der Waals surface area contributed by atoms with Gasteiger partial charge in [-0.1, -0.05) is 183 Å². The lowest BCUT2D eigenvalue weighted by atomic mass is 9.91. The van der Waals surface area contributed by atoms with Gasteiger partial charge in [0.05, 0.1) is 97.0 Å². The van der Waals surface area contributed by atoms with Gasteiger partial charge in [0.2, 0.25) is 0 Å². The summed E-state index contributed by atoms with van der Waals surface area (Å²) in [5.41, 5.74) is 31.2. The maximum Gasteiger partial charge on any atom is 0.308 e. The molecule has 718 valence electrons. The molecule has 2 aromatic carbocycles. The molecule has 0 amide bonds. The molecule has 0 aromatic heterocycles. The van der Waals surface area contributed by atoms with Crippen LogP contribution in [0.3, 0.4) is 0 Å². The lowest BCUT2D eigenvalue weighted by Gasteiger charge is -2.49. The quantitative estimate of drug-likeness (QED) is 0.00525. The summed E-state index contributed by atoms with van der Waals surface area (Å²) in [6.45, 7) is 16.0. The van der Waals surface area contributed by atoms with Gasteiger partial charge in [-0.05, 0) is 89.8 Å². The van der Waals surface area contributed by atoms with E-state index >= 15 is 0 Å². The average Bonchev–Trinajstić information content (AvgIpc) is 0.750. The summed E-state index contributed by atoms with van der Waals surface area (Å²) in [5.74, 6) is -2.42. The average molecular weight is 1810 g/mol. The van der Waals surface area contributed by atoms with E-state index in [0.717, 1.165) is 27.1 Å². The number of benzene rings is 2. The highest BCUT2D eigenvalue weighted by molar-refractivity contribution is 6.98. The van der Waals surface area contributed by atoms with Crippen molar-refractivity contribution in [1.82, 2.24) is 0 Å². The summed E-state index contributed by atoms with van der Waals surface area (Å²) in [6.07, 6.45) is -29.8. The van der Waals surface area contributed by atoms with Crippen LogP contribution in [0.2, 0.25) is 5.04 Å². The van der Waals surface area contributed by atoms with Crippen LogP contribution in [0.15, 0.2) is 76.0 Å². The highest BCUT2D eigenvalue weighted by Crippen LogP contribution is 2.44. The van der Waals surface area contributed by atoms with E-state index in [4.69, 9.17) is 99.5 Å². The number of nitrogens with zero attached hydrogens (tertiary/aromatic N) is 9. The summed E-state index contributed by atoms with van der Waals surface area (Å²) in [7, 11) is 3.29. The van der Waals surface area contributed by atoms with Crippen molar-refractivity contribution in [2.75, 3.05) is 109 Å². The van der Waals surface area contributed by atoms with Gasteiger partial charge in [0.1, 0.15) is 91.4 Å². The molecule has 3 heterocycles. The summed E-state index contributed by atoms with van der Waals surface area (Å²) in [6, 6.07) is 14.3. The Bertz CT molecular complexity index is 3420. The van der Waals surface area contributed by atoms with Crippen molar-refractivity contribution in [3.8, 4) is 0 Å². The van der Waals surface area contributed by atoms with Crippen LogP contribution in [0.1, 0.15) is 184 Å². The van der Waals surface area contributed by atoms with Gasteiger partial charge in [-0.15, -0.1) is 0 Å². The maximum atomic E-state index is 14.1. The first-order valence-corrected chi connectivity index (χ1v) is 46.4. The molecule has 126 heavy (non-hydrogen) atoms. The van der Waals surface area contributed by atoms with Gasteiger partial charge in [-0.3, -0.25) is 14.4 Å². The molecule has 15 unspecified atom stereocenters. The second kappa shape index (κ2) is 60.9. The molecular formula is C86H145N9O30Si. The van der Waals surface area contributed by atoms with E-state index in [1.807, 2.05) is 123 Å². The number of aliphatic hydroxyl groups is 5. The van der Waals surface area contributed by atoms with Gasteiger partial charge in [0.25, 0.3) is 8.32 Å². The second-order valence-electron chi connectivity index (χ2n) is 32.0. The van der Waals surface area contributed by atoms with Crippen molar-refractivity contribution >= 4 is 36.6 Å². The Morgan fingerprint density at radius 2 is 0.786 bits per heavy atom. The van der Waals surface area contributed by atoms with Crippen molar-refractivity contribution in [1.29, 1.82) is 0 Å². The van der Waals surface area contributed by atoms with Crippen molar-refractivity contribution in [2.24, 2.45) is 15.3 Å². The Morgan fingerprint density at radius 3 is 1.14 bits per heavy atom. The maximum absolute atomic E-state index is 14.1. The second-order valence-corrected chi connectivity index (χ2v) is 36.0.